The fraction of sp³-hybridized carbons (Fsp3) is 0.818. The van der Waals surface area contributed by atoms with E-state index < -0.39 is 11.0 Å². The highest BCUT2D eigenvalue weighted by Gasteiger charge is 2.33. The number of nitrogens with one attached hydrogen (secondary N) is 1. The fourth-order valence-electron chi connectivity index (χ4n) is 1.33. The third-order valence-corrected chi connectivity index (χ3v) is 4.06. The third kappa shape index (κ3) is 3.54. The van der Waals surface area contributed by atoms with Gasteiger partial charge in [-0.05, 0) is 46.0 Å². The predicted molar refractivity (Wildman–Crippen MR) is 62.4 cm³/mol. The minimum Gasteiger partial charge on any atom is -0.242 e. The summed E-state index contributed by atoms with van der Waals surface area (Å²) in [6.07, 6.45) is 5.38. The molecular weight excluding hydrogens is 194 g/mol. The van der Waals surface area contributed by atoms with Gasteiger partial charge in [-0.1, -0.05) is 6.08 Å². The van der Waals surface area contributed by atoms with E-state index in [4.69, 9.17) is 0 Å². The van der Waals surface area contributed by atoms with Crippen molar-refractivity contribution in [1.82, 2.24) is 4.72 Å². The minimum atomic E-state index is -0.947. The first-order valence-electron chi connectivity index (χ1n) is 5.24. The van der Waals surface area contributed by atoms with Gasteiger partial charge in [0.1, 0.15) is 0 Å². The van der Waals surface area contributed by atoms with E-state index in [1.54, 1.807) is 0 Å². The summed E-state index contributed by atoms with van der Waals surface area (Å²) in [6.45, 7) is 9.72. The summed E-state index contributed by atoms with van der Waals surface area (Å²) >= 11 is 0. The molecule has 0 aliphatic heterocycles. The highest BCUT2D eigenvalue weighted by atomic mass is 32.2. The Labute approximate surface area is 89.8 Å². The van der Waals surface area contributed by atoms with Crippen molar-refractivity contribution in [2.75, 3.05) is 0 Å². The van der Waals surface area contributed by atoms with Crippen LogP contribution in [-0.2, 0) is 11.0 Å². The van der Waals surface area contributed by atoms with Crippen molar-refractivity contribution in [3.8, 4) is 0 Å². The molecule has 3 heteroatoms. The van der Waals surface area contributed by atoms with Gasteiger partial charge in [-0.2, -0.15) is 0 Å². The Hall–Kier alpha value is -0.150. The Bertz CT molecular complexity index is 228. The molecule has 0 spiro atoms. The maximum atomic E-state index is 11.8. The summed E-state index contributed by atoms with van der Waals surface area (Å²) < 4.78 is 14.9. The van der Waals surface area contributed by atoms with Crippen molar-refractivity contribution >= 4 is 11.0 Å². The molecule has 14 heavy (non-hydrogen) atoms. The van der Waals surface area contributed by atoms with Crippen LogP contribution in [0.3, 0.4) is 0 Å². The average Bonchev–Trinajstić information content (AvgIpc) is 2.83. The molecule has 1 aliphatic rings. The van der Waals surface area contributed by atoms with Gasteiger partial charge in [-0.25, -0.2) is 8.93 Å². The van der Waals surface area contributed by atoms with Crippen LogP contribution in [0.5, 0.6) is 0 Å². The van der Waals surface area contributed by atoms with Gasteiger partial charge in [0, 0.05) is 6.04 Å². The molecule has 1 rings (SSSR count). The largest absolute Gasteiger partial charge is 0.242 e. The molecule has 0 saturated heterocycles. The van der Waals surface area contributed by atoms with E-state index in [0.717, 1.165) is 12.3 Å². The summed E-state index contributed by atoms with van der Waals surface area (Å²) in [6, 6.07) is 0.368. The summed E-state index contributed by atoms with van der Waals surface area (Å²) in [5.41, 5.74) is 0. The third-order valence-electron chi connectivity index (χ3n) is 2.43. The van der Waals surface area contributed by atoms with Gasteiger partial charge in [0.2, 0.25) is 0 Å². The van der Waals surface area contributed by atoms with Crippen molar-refractivity contribution in [2.24, 2.45) is 5.92 Å². The van der Waals surface area contributed by atoms with Crippen LogP contribution in [0.1, 0.15) is 40.0 Å². The van der Waals surface area contributed by atoms with Gasteiger partial charge in [0.05, 0.1) is 15.7 Å². The smallest absolute Gasteiger partial charge is 0.0972 e. The van der Waals surface area contributed by atoms with E-state index in [-0.39, 0.29) is 4.75 Å². The first kappa shape index (κ1) is 11.9. The van der Waals surface area contributed by atoms with Crippen molar-refractivity contribution in [1.29, 1.82) is 0 Å². The standard InChI is InChI=1S/C11H21NOS/c1-5-6-10(9-7-8-9)12-14(13)11(2,3)4/h5,9-10,12H,1,6-8H2,2-4H3/t10-,14+/m0/s1. The lowest BCUT2D eigenvalue weighted by Crippen LogP contribution is -2.40. The molecule has 0 bridgehead atoms. The molecule has 1 aliphatic carbocycles. The minimum absolute atomic E-state index is 0.172. The molecule has 2 nitrogen and oxygen atoms in total. The number of rotatable bonds is 5. The molecule has 82 valence electrons. The Morgan fingerprint density at radius 1 is 1.57 bits per heavy atom. The van der Waals surface area contributed by atoms with Crippen molar-refractivity contribution in [3.63, 3.8) is 0 Å². The van der Waals surface area contributed by atoms with Crippen LogP contribution < -0.4 is 4.72 Å². The molecule has 1 N–H and O–H groups in total. The molecule has 1 saturated carbocycles. The molecule has 1 fully saturated rings. The maximum Gasteiger partial charge on any atom is 0.0972 e. The van der Waals surface area contributed by atoms with Crippen LogP contribution in [0.25, 0.3) is 0 Å². The normalized spacial score (nSPS) is 21.6. The van der Waals surface area contributed by atoms with Gasteiger partial charge in [-0.15, -0.1) is 6.58 Å². The van der Waals surface area contributed by atoms with E-state index in [1.807, 2.05) is 26.8 Å². The van der Waals surface area contributed by atoms with E-state index in [9.17, 15) is 4.21 Å². The van der Waals surface area contributed by atoms with Gasteiger partial charge in [-0.3, -0.25) is 0 Å². The lowest BCUT2D eigenvalue weighted by molar-refractivity contribution is 0.538. The van der Waals surface area contributed by atoms with Crippen LogP contribution in [0.15, 0.2) is 12.7 Å². The summed E-state index contributed by atoms with van der Waals surface area (Å²) in [7, 11) is -0.947. The monoisotopic (exact) mass is 215 g/mol. The van der Waals surface area contributed by atoms with Crippen LogP contribution >= 0.6 is 0 Å². The second-order valence-electron chi connectivity index (χ2n) is 4.97. The van der Waals surface area contributed by atoms with Crippen molar-refractivity contribution < 1.29 is 4.21 Å². The number of hydrogen-bond donors (Lipinski definition) is 1. The Kier molecular flexibility index (Phi) is 3.90. The first-order valence-corrected chi connectivity index (χ1v) is 6.39. The van der Waals surface area contributed by atoms with E-state index in [2.05, 4.69) is 11.3 Å². The van der Waals surface area contributed by atoms with Gasteiger partial charge >= 0.3 is 0 Å². The maximum absolute atomic E-state index is 11.8. The lowest BCUT2D eigenvalue weighted by Gasteiger charge is -2.23. The lowest BCUT2D eigenvalue weighted by atomic mass is 10.1. The van der Waals surface area contributed by atoms with Crippen LogP contribution in [0, 0.1) is 5.92 Å². The Morgan fingerprint density at radius 3 is 2.50 bits per heavy atom. The highest BCUT2D eigenvalue weighted by Crippen LogP contribution is 2.34. The van der Waals surface area contributed by atoms with Gasteiger partial charge in [0.15, 0.2) is 0 Å². The second kappa shape index (κ2) is 4.58. The SMILES string of the molecule is C=CC[C@H](N[S@](=O)C(C)(C)C)C1CC1. The van der Waals surface area contributed by atoms with Gasteiger partial charge in [0.25, 0.3) is 0 Å². The van der Waals surface area contributed by atoms with E-state index >= 15 is 0 Å². The molecule has 0 heterocycles. The Balaban J connectivity index is 2.46. The average molecular weight is 215 g/mol. The van der Waals surface area contributed by atoms with E-state index in [1.165, 1.54) is 12.8 Å². The second-order valence-corrected chi connectivity index (χ2v) is 6.97. The summed E-state index contributed by atoms with van der Waals surface area (Å²) in [4.78, 5) is 0. The molecular formula is C11H21NOS. The molecule has 0 radical (unpaired) electrons. The van der Waals surface area contributed by atoms with Crippen LogP contribution in [0.2, 0.25) is 0 Å². The molecule has 0 aromatic carbocycles. The molecule has 0 unspecified atom stereocenters. The van der Waals surface area contributed by atoms with Crippen molar-refractivity contribution in [2.45, 2.75) is 50.8 Å². The first-order chi connectivity index (χ1) is 6.45. The zero-order valence-electron chi connectivity index (χ0n) is 9.38. The highest BCUT2D eigenvalue weighted by molar-refractivity contribution is 7.84. The van der Waals surface area contributed by atoms with Crippen molar-refractivity contribution in [3.05, 3.63) is 12.7 Å². The molecule has 0 aromatic heterocycles. The number of hydrogen-bond acceptors (Lipinski definition) is 1. The fourth-order valence-corrected chi connectivity index (χ4v) is 2.25. The van der Waals surface area contributed by atoms with E-state index in [0.29, 0.717) is 6.04 Å². The van der Waals surface area contributed by atoms with Gasteiger partial charge < -0.3 is 0 Å². The molecule has 2 atom stereocenters. The zero-order chi connectivity index (χ0) is 10.8. The topological polar surface area (TPSA) is 29.1 Å². The predicted octanol–water partition coefficient (Wildman–Crippen LogP) is 2.39. The summed E-state index contributed by atoms with van der Waals surface area (Å²) in [5.74, 6) is 0.722. The molecule has 0 amide bonds. The zero-order valence-corrected chi connectivity index (χ0v) is 10.2. The molecule has 0 aromatic rings. The van der Waals surface area contributed by atoms with Crippen LogP contribution in [-0.4, -0.2) is 15.0 Å². The Morgan fingerprint density at radius 2 is 2.14 bits per heavy atom. The quantitative estimate of drug-likeness (QED) is 0.701. The summed E-state index contributed by atoms with van der Waals surface area (Å²) in [5, 5.41) is 0. The van der Waals surface area contributed by atoms with Crippen LogP contribution in [0.4, 0.5) is 0 Å².